The zero-order valence-corrected chi connectivity index (χ0v) is 12.8. The Labute approximate surface area is 132 Å². The van der Waals surface area contributed by atoms with Crippen LogP contribution in [0.15, 0.2) is 38.7 Å². The molecular weight excluding hydrogens is 300 g/mol. The normalized spacial score (nSPS) is 15.7. The predicted molar refractivity (Wildman–Crippen MR) is 79.4 cm³/mol. The minimum Gasteiger partial charge on any atom is -0.853 e. The molecule has 0 radical (unpaired) electrons. The zero-order chi connectivity index (χ0) is 16.2. The lowest BCUT2D eigenvalue weighted by atomic mass is 10.2. The first-order chi connectivity index (χ1) is 11.2. The van der Waals surface area contributed by atoms with Gasteiger partial charge in [0.05, 0.1) is 13.0 Å². The summed E-state index contributed by atoms with van der Waals surface area (Å²) in [7, 11) is 1.56. The Morgan fingerprint density at radius 3 is 2.65 bits per heavy atom. The van der Waals surface area contributed by atoms with Gasteiger partial charge in [-0.15, -0.1) is 0 Å². The molecule has 0 amide bonds. The maximum atomic E-state index is 12.4. The van der Waals surface area contributed by atoms with E-state index in [1.807, 2.05) is 0 Å². The van der Waals surface area contributed by atoms with E-state index < -0.39 is 11.5 Å². The molecule has 23 heavy (non-hydrogen) atoms. The molecule has 1 fully saturated rings. The van der Waals surface area contributed by atoms with Gasteiger partial charge in [0.1, 0.15) is 5.75 Å². The van der Waals surface area contributed by atoms with E-state index in [1.54, 1.807) is 36.4 Å². The van der Waals surface area contributed by atoms with Gasteiger partial charge in [-0.2, -0.15) is 5.10 Å². The molecule has 1 N–H and O–H groups in total. The summed E-state index contributed by atoms with van der Waals surface area (Å²) in [6, 6.07) is 6.87. The topological polar surface area (TPSA) is 97.8 Å². The van der Waals surface area contributed by atoms with Crippen LogP contribution in [0.3, 0.4) is 0 Å². The lowest BCUT2D eigenvalue weighted by Crippen LogP contribution is -2.45. The quantitative estimate of drug-likeness (QED) is 0.477. The van der Waals surface area contributed by atoms with Crippen molar-refractivity contribution in [3.05, 3.63) is 40.4 Å². The number of aromatic amines is 1. The lowest BCUT2D eigenvalue weighted by molar-refractivity contribution is -0.673. The third kappa shape index (κ3) is 3.20. The lowest BCUT2D eigenvalue weighted by Gasteiger charge is -2.25. The molecule has 2 aromatic rings. The maximum absolute atomic E-state index is 12.4. The van der Waals surface area contributed by atoms with E-state index in [1.165, 1.54) is 4.68 Å². The third-order valence-corrected chi connectivity index (χ3v) is 3.74. The van der Waals surface area contributed by atoms with Crippen molar-refractivity contribution in [1.29, 1.82) is 0 Å². The van der Waals surface area contributed by atoms with Gasteiger partial charge in [0.25, 0.3) is 0 Å². The molecule has 122 valence electrons. The van der Waals surface area contributed by atoms with E-state index in [0.29, 0.717) is 11.4 Å². The average molecular weight is 318 g/mol. The molecule has 0 spiro atoms. The molecular formula is C15H18N4O4. The molecule has 1 aromatic heterocycles. The van der Waals surface area contributed by atoms with E-state index in [9.17, 15) is 9.90 Å². The Morgan fingerprint density at radius 2 is 2.00 bits per heavy atom. The highest BCUT2D eigenvalue weighted by Crippen LogP contribution is 2.11. The number of methoxy groups -OCH3 is 1. The van der Waals surface area contributed by atoms with Gasteiger partial charge in [-0.25, -0.2) is 4.79 Å². The number of benzene rings is 1. The second-order valence-corrected chi connectivity index (χ2v) is 5.28. The van der Waals surface area contributed by atoms with E-state index in [4.69, 9.17) is 9.26 Å². The predicted octanol–water partition coefficient (Wildman–Crippen LogP) is -0.239. The summed E-state index contributed by atoms with van der Waals surface area (Å²) in [5, 5.41) is 20.5. The van der Waals surface area contributed by atoms with Crippen molar-refractivity contribution >= 4 is 5.90 Å². The number of hydrogen-bond acceptors (Lipinski definition) is 6. The van der Waals surface area contributed by atoms with Crippen molar-refractivity contribution in [3.63, 3.8) is 0 Å². The molecule has 1 aliphatic rings. The Morgan fingerprint density at radius 1 is 1.30 bits per heavy atom. The number of piperidine rings is 1. The maximum Gasteiger partial charge on any atom is 0.436 e. The van der Waals surface area contributed by atoms with E-state index in [2.05, 4.69) is 10.4 Å². The fourth-order valence-corrected chi connectivity index (χ4v) is 2.52. The first kappa shape index (κ1) is 15.1. The zero-order valence-electron chi connectivity index (χ0n) is 12.8. The number of rotatable bonds is 4. The largest absolute Gasteiger partial charge is 0.853 e. The van der Waals surface area contributed by atoms with Gasteiger partial charge in [0, 0.05) is 25.2 Å². The number of hydrogen-bond donors (Lipinski definition) is 1. The molecule has 0 aliphatic carbocycles. The molecule has 1 saturated heterocycles. The summed E-state index contributed by atoms with van der Waals surface area (Å²) >= 11 is 0. The summed E-state index contributed by atoms with van der Waals surface area (Å²) < 4.78 is 11.1. The molecule has 8 nitrogen and oxygen atoms in total. The number of ether oxygens (including phenoxy) is 1. The van der Waals surface area contributed by atoms with Crippen LogP contribution in [0.4, 0.5) is 0 Å². The van der Waals surface area contributed by atoms with E-state index in [0.717, 1.165) is 32.4 Å². The highest BCUT2D eigenvalue weighted by molar-refractivity contribution is 5.86. The smallest absolute Gasteiger partial charge is 0.436 e. The summed E-state index contributed by atoms with van der Waals surface area (Å²) in [5.74, 6) is 0.0591. The Balaban J connectivity index is 1.94. The third-order valence-electron chi connectivity index (χ3n) is 3.74. The molecule has 1 aromatic carbocycles. The molecule has 0 bridgehead atoms. The number of aromatic nitrogens is 2. The van der Waals surface area contributed by atoms with Crippen LogP contribution in [-0.2, 0) is 0 Å². The molecule has 1 aliphatic heterocycles. The summed E-state index contributed by atoms with van der Waals surface area (Å²) in [6.45, 7) is 1.45. The van der Waals surface area contributed by atoms with Crippen LogP contribution in [0.25, 0.3) is 5.69 Å². The fraction of sp³-hybridized carbons (Fsp3) is 0.400. The number of hydrazone groups is 1. The number of H-pyrrole nitrogens is 1. The van der Waals surface area contributed by atoms with Gasteiger partial charge in [-0.1, -0.05) is 0 Å². The van der Waals surface area contributed by atoms with Crippen LogP contribution in [-0.4, -0.2) is 36.4 Å². The minimum atomic E-state index is -0.744. The van der Waals surface area contributed by atoms with Crippen molar-refractivity contribution in [2.45, 2.75) is 19.3 Å². The van der Waals surface area contributed by atoms with E-state index >= 15 is 0 Å². The van der Waals surface area contributed by atoms with Gasteiger partial charge in [-0.05, 0) is 41.3 Å². The summed E-state index contributed by atoms with van der Waals surface area (Å²) in [4.78, 5) is 11.9. The molecule has 8 heteroatoms. The van der Waals surface area contributed by atoms with Crippen molar-refractivity contribution in [1.82, 2.24) is 10.3 Å². The van der Waals surface area contributed by atoms with Crippen LogP contribution in [0, 0.1) is 0 Å². The molecule has 0 saturated carbocycles. The second-order valence-electron chi connectivity index (χ2n) is 5.28. The highest BCUT2D eigenvalue weighted by Gasteiger charge is 2.24. The van der Waals surface area contributed by atoms with Gasteiger partial charge >= 0.3 is 11.3 Å². The van der Waals surface area contributed by atoms with Crippen LogP contribution < -0.4 is 20.2 Å². The highest BCUT2D eigenvalue weighted by atomic mass is 16.5. The minimum absolute atomic E-state index is 0.152. The van der Waals surface area contributed by atoms with Crippen LogP contribution >= 0.6 is 0 Å². The first-order valence-electron chi connectivity index (χ1n) is 7.48. The molecule has 2 heterocycles. The first-order valence-corrected chi connectivity index (χ1v) is 7.48. The molecule has 3 rings (SSSR count). The van der Waals surface area contributed by atoms with Crippen molar-refractivity contribution in [2.24, 2.45) is 5.10 Å². The fourth-order valence-electron chi connectivity index (χ4n) is 2.52. The standard InChI is InChI=1S/C15H18N4O4/c1-22-12-7-5-11(6-8-12)19-13(15(21)23-17-19)14(20)16-18-9-3-2-4-10-18/h5-8H,2-4,9-10H2,1H3,(H-,16,17,20,21). The Kier molecular flexibility index (Phi) is 4.31. The Bertz CT molecular complexity index is 742. The van der Waals surface area contributed by atoms with E-state index in [-0.39, 0.29) is 5.69 Å². The van der Waals surface area contributed by atoms with Crippen LogP contribution in [0.1, 0.15) is 25.0 Å². The van der Waals surface area contributed by atoms with Crippen molar-refractivity contribution in [3.8, 4) is 11.4 Å². The molecule has 0 unspecified atom stereocenters. The second kappa shape index (κ2) is 6.55. The van der Waals surface area contributed by atoms with Gasteiger partial charge in [-0.3, -0.25) is 9.53 Å². The van der Waals surface area contributed by atoms with Gasteiger partial charge in [0.15, 0.2) is 0 Å². The monoisotopic (exact) mass is 318 g/mol. The van der Waals surface area contributed by atoms with Gasteiger partial charge < -0.3 is 9.84 Å². The summed E-state index contributed by atoms with van der Waals surface area (Å²) in [5.41, 5.74) is -0.318. The average Bonchev–Trinajstić information content (AvgIpc) is 2.97. The van der Waals surface area contributed by atoms with Crippen molar-refractivity contribution in [2.75, 3.05) is 20.2 Å². The molecule has 0 atom stereocenters. The SMILES string of the molecule is COc1ccc(-[n+]2[nH]oc(=O)c2/C([O-])=N/N2CCCCC2)cc1. The van der Waals surface area contributed by atoms with Crippen LogP contribution in [0.5, 0.6) is 5.75 Å². The van der Waals surface area contributed by atoms with Crippen molar-refractivity contribution < 1.29 is 19.0 Å². The van der Waals surface area contributed by atoms with Crippen LogP contribution in [0.2, 0.25) is 0 Å². The van der Waals surface area contributed by atoms with Gasteiger partial charge in [0.2, 0.25) is 5.69 Å². The summed E-state index contributed by atoms with van der Waals surface area (Å²) in [6.07, 6.45) is 3.13. The Hall–Kier alpha value is -2.77. The number of nitrogens with zero attached hydrogens (tertiary/aromatic N) is 3. The number of nitrogens with one attached hydrogen (secondary N) is 1.